The number of nitrogens with one attached hydrogen (secondary N) is 1. The minimum atomic E-state index is -0.937. The highest BCUT2D eigenvalue weighted by molar-refractivity contribution is 5.77. The second-order valence-electron chi connectivity index (χ2n) is 5.62. The van der Waals surface area contributed by atoms with Gasteiger partial charge >= 0.3 is 12.0 Å². The molecule has 0 radical (unpaired) electrons. The highest BCUT2D eigenvalue weighted by Gasteiger charge is 2.38. The molecule has 2 unspecified atom stereocenters. The molecule has 1 aliphatic carbocycles. The Morgan fingerprint density at radius 1 is 1.20 bits per heavy atom. The zero-order valence-electron chi connectivity index (χ0n) is 11.6. The van der Waals surface area contributed by atoms with E-state index in [1.54, 1.807) is 7.05 Å². The van der Waals surface area contributed by atoms with E-state index in [1.807, 2.05) is 0 Å². The molecule has 1 heterocycles. The fraction of sp³-hybridized carbons (Fsp3) is 0.846. The first-order valence-corrected chi connectivity index (χ1v) is 7.01. The fourth-order valence-electron chi connectivity index (χ4n) is 2.81. The molecule has 7 heteroatoms. The number of urea groups is 1. The van der Waals surface area contributed by atoms with Crippen LogP contribution in [0.3, 0.4) is 0 Å². The number of hydrogen-bond acceptors (Lipinski definition) is 4. The molecule has 7 nitrogen and oxygen atoms in total. The zero-order valence-corrected chi connectivity index (χ0v) is 11.6. The molecule has 0 aromatic carbocycles. The first-order chi connectivity index (χ1) is 9.49. The number of nitrogens with zero attached hydrogens (tertiary/aromatic N) is 1. The molecule has 20 heavy (non-hydrogen) atoms. The van der Waals surface area contributed by atoms with E-state index >= 15 is 0 Å². The van der Waals surface area contributed by atoms with Crippen LogP contribution in [0.2, 0.25) is 0 Å². The Morgan fingerprint density at radius 2 is 1.85 bits per heavy atom. The number of likely N-dealkylation sites (N-methyl/N-ethyl adjacent to an activating group) is 1. The Bertz CT molecular complexity index is 368. The van der Waals surface area contributed by atoms with E-state index in [0.29, 0.717) is 12.8 Å². The van der Waals surface area contributed by atoms with Crippen LogP contribution in [0.1, 0.15) is 25.7 Å². The SMILES string of the molecule is CN(C(=O)NC1CCC(O)CC1)C1COCC1C(=O)O. The predicted molar refractivity (Wildman–Crippen MR) is 70.3 cm³/mol. The first-order valence-electron chi connectivity index (χ1n) is 7.01. The molecule has 2 amide bonds. The fourth-order valence-corrected chi connectivity index (χ4v) is 2.81. The number of carbonyl (C=O) groups excluding carboxylic acids is 1. The van der Waals surface area contributed by atoms with Crippen molar-refractivity contribution in [3.8, 4) is 0 Å². The second kappa shape index (κ2) is 6.41. The molecule has 0 bridgehead atoms. The minimum Gasteiger partial charge on any atom is -0.481 e. The smallest absolute Gasteiger partial charge is 0.317 e. The maximum Gasteiger partial charge on any atom is 0.317 e. The number of amides is 2. The van der Waals surface area contributed by atoms with Crippen molar-refractivity contribution in [2.45, 2.75) is 43.9 Å². The molecule has 0 aromatic rings. The molecule has 1 aliphatic heterocycles. The summed E-state index contributed by atoms with van der Waals surface area (Å²) >= 11 is 0. The van der Waals surface area contributed by atoms with Gasteiger partial charge in [-0.05, 0) is 25.7 Å². The van der Waals surface area contributed by atoms with Gasteiger partial charge in [0.25, 0.3) is 0 Å². The van der Waals surface area contributed by atoms with Gasteiger partial charge in [0.15, 0.2) is 0 Å². The van der Waals surface area contributed by atoms with Crippen LogP contribution in [0.25, 0.3) is 0 Å². The lowest BCUT2D eigenvalue weighted by molar-refractivity contribution is -0.142. The highest BCUT2D eigenvalue weighted by Crippen LogP contribution is 2.21. The molecule has 2 atom stereocenters. The van der Waals surface area contributed by atoms with E-state index in [1.165, 1.54) is 4.90 Å². The van der Waals surface area contributed by atoms with Gasteiger partial charge in [-0.25, -0.2) is 4.79 Å². The van der Waals surface area contributed by atoms with Gasteiger partial charge in [-0.15, -0.1) is 0 Å². The van der Waals surface area contributed by atoms with E-state index < -0.39 is 17.9 Å². The standard InChI is InChI=1S/C13H22N2O5/c1-15(11-7-20-6-10(11)12(17)18)13(19)14-8-2-4-9(16)5-3-8/h8-11,16H,2-7H2,1H3,(H,14,19)(H,17,18). The van der Waals surface area contributed by atoms with Gasteiger partial charge in [0.2, 0.25) is 0 Å². The van der Waals surface area contributed by atoms with Crippen LogP contribution in [-0.4, -0.2) is 65.6 Å². The summed E-state index contributed by atoms with van der Waals surface area (Å²) in [7, 11) is 1.60. The lowest BCUT2D eigenvalue weighted by Crippen LogP contribution is -2.51. The number of carboxylic acid groups (broad SMARTS) is 1. The third-order valence-electron chi connectivity index (χ3n) is 4.21. The van der Waals surface area contributed by atoms with Crippen molar-refractivity contribution in [1.29, 1.82) is 0 Å². The van der Waals surface area contributed by atoms with Crippen LogP contribution in [0.5, 0.6) is 0 Å². The van der Waals surface area contributed by atoms with E-state index in [9.17, 15) is 14.7 Å². The summed E-state index contributed by atoms with van der Waals surface area (Å²) in [4.78, 5) is 24.7. The van der Waals surface area contributed by atoms with E-state index in [4.69, 9.17) is 9.84 Å². The monoisotopic (exact) mass is 286 g/mol. The maximum absolute atomic E-state index is 12.2. The largest absolute Gasteiger partial charge is 0.481 e. The van der Waals surface area contributed by atoms with Gasteiger partial charge in [-0.2, -0.15) is 0 Å². The van der Waals surface area contributed by atoms with Gasteiger partial charge < -0.3 is 25.2 Å². The van der Waals surface area contributed by atoms with Crippen LogP contribution in [-0.2, 0) is 9.53 Å². The third-order valence-corrected chi connectivity index (χ3v) is 4.21. The molecule has 3 N–H and O–H groups in total. The Labute approximate surface area is 117 Å². The Hall–Kier alpha value is -1.34. The van der Waals surface area contributed by atoms with Gasteiger partial charge in [0, 0.05) is 13.1 Å². The number of aliphatic carboxylic acids is 1. The van der Waals surface area contributed by atoms with Crippen molar-refractivity contribution < 1.29 is 24.5 Å². The summed E-state index contributed by atoms with van der Waals surface area (Å²) in [5, 5.41) is 21.4. The van der Waals surface area contributed by atoms with Crippen molar-refractivity contribution in [3.63, 3.8) is 0 Å². The molecule has 1 saturated carbocycles. The summed E-state index contributed by atoms with van der Waals surface area (Å²) < 4.78 is 5.17. The van der Waals surface area contributed by atoms with Crippen molar-refractivity contribution >= 4 is 12.0 Å². The van der Waals surface area contributed by atoms with Crippen LogP contribution in [0.15, 0.2) is 0 Å². The lowest BCUT2D eigenvalue weighted by Gasteiger charge is -2.31. The Balaban J connectivity index is 1.87. The number of ether oxygens (including phenoxy) is 1. The molecule has 0 spiro atoms. The molecule has 2 fully saturated rings. The van der Waals surface area contributed by atoms with Gasteiger partial charge in [0.1, 0.15) is 5.92 Å². The molecule has 114 valence electrons. The first kappa shape index (κ1) is 15.1. The maximum atomic E-state index is 12.2. The van der Waals surface area contributed by atoms with Crippen LogP contribution >= 0.6 is 0 Å². The van der Waals surface area contributed by atoms with Gasteiger partial charge in [0.05, 0.1) is 25.4 Å². The zero-order chi connectivity index (χ0) is 14.7. The topological polar surface area (TPSA) is 99.1 Å². The highest BCUT2D eigenvalue weighted by atomic mass is 16.5. The molecule has 2 aliphatic rings. The Kier molecular flexibility index (Phi) is 4.82. The van der Waals surface area contributed by atoms with Crippen LogP contribution in [0, 0.1) is 5.92 Å². The number of carbonyl (C=O) groups is 2. The summed E-state index contributed by atoms with van der Waals surface area (Å²) in [5.41, 5.74) is 0. The average Bonchev–Trinajstić information content (AvgIpc) is 2.90. The molecule has 0 aromatic heterocycles. The average molecular weight is 286 g/mol. The van der Waals surface area contributed by atoms with Crippen molar-refractivity contribution in [1.82, 2.24) is 10.2 Å². The van der Waals surface area contributed by atoms with E-state index in [-0.39, 0.29) is 31.4 Å². The summed E-state index contributed by atoms with van der Waals surface area (Å²) in [6.07, 6.45) is 2.63. The van der Waals surface area contributed by atoms with Crippen LogP contribution in [0.4, 0.5) is 4.79 Å². The minimum absolute atomic E-state index is 0.0546. The van der Waals surface area contributed by atoms with E-state index in [0.717, 1.165) is 12.8 Å². The van der Waals surface area contributed by atoms with E-state index in [2.05, 4.69) is 5.32 Å². The van der Waals surface area contributed by atoms with Crippen molar-refractivity contribution in [2.75, 3.05) is 20.3 Å². The summed E-state index contributed by atoms with van der Waals surface area (Å²) in [5.74, 6) is -1.60. The third kappa shape index (κ3) is 3.40. The summed E-state index contributed by atoms with van der Waals surface area (Å²) in [6.45, 7) is 0.400. The number of carboxylic acids is 1. The quantitative estimate of drug-likeness (QED) is 0.680. The number of rotatable bonds is 3. The number of hydrogen-bond donors (Lipinski definition) is 3. The van der Waals surface area contributed by atoms with Gasteiger partial charge in [-0.3, -0.25) is 4.79 Å². The summed E-state index contributed by atoms with van der Waals surface area (Å²) in [6, 6.07) is -0.645. The van der Waals surface area contributed by atoms with Gasteiger partial charge in [-0.1, -0.05) is 0 Å². The number of aliphatic hydroxyl groups is 1. The molecular formula is C13H22N2O5. The molecule has 2 rings (SSSR count). The molecule has 1 saturated heterocycles. The molecular weight excluding hydrogens is 264 g/mol. The van der Waals surface area contributed by atoms with Crippen molar-refractivity contribution in [3.05, 3.63) is 0 Å². The Morgan fingerprint density at radius 3 is 2.45 bits per heavy atom. The number of aliphatic hydroxyl groups excluding tert-OH is 1. The lowest BCUT2D eigenvalue weighted by atomic mass is 9.93. The van der Waals surface area contributed by atoms with Crippen molar-refractivity contribution in [2.24, 2.45) is 5.92 Å². The van der Waals surface area contributed by atoms with Crippen LogP contribution < -0.4 is 5.32 Å². The second-order valence-corrected chi connectivity index (χ2v) is 5.62. The predicted octanol–water partition coefficient (Wildman–Crippen LogP) is 0.0309. The normalized spacial score (nSPS) is 33.7.